The molecule has 6 nitrogen and oxygen atoms in total. The number of sulfonamides is 1. The summed E-state index contributed by atoms with van der Waals surface area (Å²) in [6.45, 7) is 1.87. The number of nitrogens with one attached hydrogen (secondary N) is 1. The van der Waals surface area contributed by atoms with E-state index < -0.39 is 22.0 Å². The van der Waals surface area contributed by atoms with E-state index in [0.29, 0.717) is 28.8 Å². The second-order valence-corrected chi connectivity index (χ2v) is 8.95. The molecule has 2 aromatic rings. The lowest BCUT2D eigenvalue weighted by Gasteiger charge is -2.29. The lowest BCUT2D eigenvalue weighted by molar-refractivity contribution is -0.121. The zero-order valence-electron chi connectivity index (χ0n) is 15.8. The van der Waals surface area contributed by atoms with E-state index in [4.69, 9.17) is 27.9 Å². The minimum Gasteiger partial charge on any atom is -0.495 e. The molecule has 0 spiro atoms. The minimum atomic E-state index is -3.77. The molecule has 1 atom stereocenters. The summed E-state index contributed by atoms with van der Waals surface area (Å²) in [5.74, 6) is -0.128. The van der Waals surface area contributed by atoms with Crippen LogP contribution in [0, 0.1) is 0 Å². The predicted molar refractivity (Wildman–Crippen MR) is 113 cm³/mol. The molecule has 2 rings (SSSR count). The van der Waals surface area contributed by atoms with Crippen LogP contribution in [0.2, 0.25) is 10.0 Å². The average molecular weight is 445 g/mol. The average Bonchev–Trinajstić information content (AvgIpc) is 2.62. The molecule has 0 saturated carbocycles. The second kappa shape index (κ2) is 9.49. The Morgan fingerprint density at radius 1 is 1.14 bits per heavy atom. The highest BCUT2D eigenvalue weighted by atomic mass is 35.5. The highest BCUT2D eigenvalue weighted by Crippen LogP contribution is 2.34. The number of hydrogen-bond donors (Lipinski definition) is 1. The quantitative estimate of drug-likeness (QED) is 0.675. The number of benzene rings is 2. The summed E-state index contributed by atoms with van der Waals surface area (Å²) in [4.78, 5) is 12.6. The Labute approximate surface area is 175 Å². The van der Waals surface area contributed by atoms with Gasteiger partial charge >= 0.3 is 0 Å². The fourth-order valence-corrected chi connectivity index (χ4v) is 4.21. The van der Waals surface area contributed by atoms with Crippen molar-refractivity contribution in [2.75, 3.05) is 24.2 Å². The van der Waals surface area contributed by atoms with E-state index in [9.17, 15) is 13.2 Å². The zero-order valence-corrected chi connectivity index (χ0v) is 18.1. The van der Waals surface area contributed by atoms with Crippen molar-refractivity contribution >= 4 is 44.8 Å². The van der Waals surface area contributed by atoms with Gasteiger partial charge in [-0.3, -0.25) is 9.10 Å². The molecule has 9 heteroatoms. The monoisotopic (exact) mass is 444 g/mol. The van der Waals surface area contributed by atoms with Crippen LogP contribution in [0.5, 0.6) is 5.75 Å². The molecule has 0 unspecified atom stereocenters. The van der Waals surface area contributed by atoms with Crippen LogP contribution in [0.15, 0.2) is 42.5 Å². The van der Waals surface area contributed by atoms with Gasteiger partial charge < -0.3 is 10.1 Å². The number of halogens is 2. The van der Waals surface area contributed by atoms with Crippen LogP contribution in [0.4, 0.5) is 5.69 Å². The number of rotatable bonds is 8. The van der Waals surface area contributed by atoms with Crippen LogP contribution in [-0.2, 0) is 21.2 Å². The largest absolute Gasteiger partial charge is 0.495 e. The maximum Gasteiger partial charge on any atom is 0.243 e. The van der Waals surface area contributed by atoms with Crippen molar-refractivity contribution in [1.29, 1.82) is 0 Å². The molecule has 0 heterocycles. The number of nitrogens with zero attached hydrogens (tertiary/aromatic N) is 1. The van der Waals surface area contributed by atoms with Gasteiger partial charge in [-0.25, -0.2) is 8.42 Å². The number of anilines is 1. The van der Waals surface area contributed by atoms with E-state index in [1.54, 1.807) is 24.3 Å². The van der Waals surface area contributed by atoms with Gasteiger partial charge in [0.15, 0.2) is 0 Å². The number of methoxy groups -OCH3 is 1. The first-order chi connectivity index (χ1) is 13.1. The first-order valence-corrected chi connectivity index (χ1v) is 11.1. The molecule has 0 aliphatic carbocycles. The molecule has 0 radical (unpaired) electrons. The van der Waals surface area contributed by atoms with Crippen molar-refractivity contribution in [3.63, 3.8) is 0 Å². The van der Waals surface area contributed by atoms with Gasteiger partial charge in [0.25, 0.3) is 0 Å². The molecule has 1 N–H and O–H groups in total. The Balaban J connectivity index is 2.16. The van der Waals surface area contributed by atoms with Crippen molar-refractivity contribution in [2.45, 2.75) is 19.4 Å². The maximum absolute atomic E-state index is 12.6. The normalized spacial score (nSPS) is 12.3. The van der Waals surface area contributed by atoms with Crippen molar-refractivity contribution in [3.05, 3.63) is 58.1 Å². The smallest absolute Gasteiger partial charge is 0.243 e. The van der Waals surface area contributed by atoms with Crippen LogP contribution < -0.4 is 14.4 Å². The van der Waals surface area contributed by atoms with Crippen LogP contribution in [0.1, 0.15) is 12.5 Å². The van der Waals surface area contributed by atoms with Gasteiger partial charge in [-0.15, -0.1) is 0 Å². The van der Waals surface area contributed by atoms with E-state index in [0.717, 1.165) is 16.1 Å². The summed E-state index contributed by atoms with van der Waals surface area (Å²) in [5.41, 5.74) is 1.21. The van der Waals surface area contributed by atoms with Gasteiger partial charge in [0.2, 0.25) is 15.9 Å². The SMILES string of the molecule is COc1ccc(Cl)cc1N([C@H](C)C(=O)NCCc1ccc(Cl)cc1)S(C)(=O)=O. The third-order valence-electron chi connectivity index (χ3n) is 4.09. The van der Waals surface area contributed by atoms with Gasteiger partial charge in [0, 0.05) is 16.6 Å². The number of amides is 1. The zero-order chi connectivity index (χ0) is 20.9. The number of carbonyl (C=O) groups is 1. The van der Waals surface area contributed by atoms with Gasteiger partial charge in [0.05, 0.1) is 19.1 Å². The first kappa shape index (κ1) is 22.3. The summed E-state index contributed by atoms with van der Waals surface area (Å²) in [5, 5.41) is 3.74. The van der Waals surface area contributed by atoms with Crippen molar-refractivity contribution < 1.29 is 17.9 Å². The molecule has 152 valence electrons. The van der Waals surface area contributed by atoms with Crippen LogP contribution in [-0.4, -0.2) is 40.3 Å². The summed E-state index contributed by atoms with van der Waals surface area (Å²) < 4.78 is 31.1. The number of ether oxygens (including phenoxy) is 1. The fourth-order valence-electron chi connectivity index (χ4n) is 2.75. The molecule has 0 aliphatic rings. The predicted octanol–water partition coefficient (Wildman–Crippen LogP) is 3.52. The Hall–Kier alpha value is -1.96. The minimum absolute atomic E-state index is 0.206. The Morgan fingerprint density at radius 2 is 1.75 bits per heavy atom. The molecule has 28 heavy (non-hydrogen) atoms. The molecular weight excluding hydrogens is 423 g/mol. The van der Waals surface area contributed by atoms with Gasteiger partial charge in [0.1, 0.15) is 11.8 Å². The standard InChI is InChI=1S/C19H22Cl2N2O4S/c1-13(19(24)22-11-10-14-4-6-15(20)7-5-14)23(28(3,25)26)17-12-16(21)8-9-18(17)27-2/h4-9,12-13H,10-11H2,1-3H3,(H,22,24)/t13-/m1/s1. The van der Waals surface area contributed by atoms with Gasteiger partial charge in [-0.1, -0.05) is 35.3 Å². The van der Waals surface area contributed by atoms with E-state index >= 15 is 0 Å². The third-order valence-corrected chi connectivity index (χ3v) is 5.81. The molecule has 1 amide bonds. The van der Waals surface area contributed by atoms with Crippen LogP contribution >= 0.6 is 23.2 Å². The molecule has 2 aromatic carbocycles. The van der Waals surface area contributed by atoms with E-state index in [1.807, 2.05) is 12.1 Å². The van der Waals surface area contributed by atoms with Crippen LogP contribution in [0.25, 0.3) is 0 Å². The van der Waals surface area contributed by atoms with E-state index in [1.165, 1.54) is 20.1 Å². The lowest BCUT2D eigenvalue weighted by Crippen LogP contribution is -2.48. The fraction of sp³-hybridized carbons (Fsp3) is 0.316. The Bertz CT molecular complexity index is 933. The van der Waals surface area contributed by atoms with Gasteiger partial charge in [-0.05, 0) is 49.2 Å². The lowest BCUT2D eigenvalue weighted by atomic mass is 10.1. The molecule has 0 aliphatic heterocycles. The Morgan fingerprint density at radius 3 is 2.32 bits per heavy atom. The highest BCUT2D eigenvalue weighted by molar-refractivity contribution is 7.92. The van der Waals surface area contributed by atoms with Crippen molar-refractivity contribution in [1.82, 2.24) is 5.32 Å². The van der Waals surface area contributed by atoms with Crippen molar-refractivity contribution in [2.24, 2.45) is 0 Å². The van der Waals surface area contributed by atoms with E-state index in [2.05, 4.69) is 5.32 Å². The third kappa shape index (κ3) is 5.77. The first-order valence-electron chi connectivity index (χ1n) is 8.48. The summed E-state index contributed by atoms with van der Waals surface area (Å²) >= 11 is 11.9. The molecule has 0 saturated heterocycles. The van der Waals surface area contributed by atoms with E-state index in [-0.39, 0.29) is 5.69 Å². The second-order valence-electron chi connectivity index (χ2n) is 6.22. The highest BCUT2D eigenvalue weighted by Gasteiger charge is 2.31. The number of carbonyl (C=O) groups excluding carboxylic acids is 1. The van der Waals surface area contributed by atoms with Gasteiger partial charge in [-0.2, -0.15) is 0 Å². The Kier molecular flexibility index (Phi) is 7.57. The van der Waals surface area contributed by atoms with Crippen molar-refractivity contribution in [3.8, 4) is 5.75 Å². The maximum atomic E-state index is 12.6. The molecule has 0 aromatic heterocycles. The molecule has 0 bridgehead atoms. The van der Waals surface area contributed by atoms with Crippen LogP contribution in [0.3, 0.4) is 0 Å². The summed E-state index contributed by atoms with van der Waals surface area (Å²) in [7, 11) is -2.35. The summed E-state index contributed by atoms with van der Waals surface area (Å²) in [6.07, 6.45) is 1.62. The summed E-state index contributed by atoms with van der Waals surface area (Å²) in [6, 6.07) is 10.9. The topological polar surface area (TPSA) is 75.7 Å². The molecular formula is C19H22Cl2N2O4S. The molecule has 0 fully saturated rings. The number of hydrogen-bond acceptors (Lipinski definition) is 4.